The van der Waals surface area contributed by atoms with Gasteiger partial charge in [-0.3, -0.25) is 4.79 Å². The van der Waals surface area contributed by atoms with Crippen LogP contribution in [0.3, 0.4) is 0 Å². The van der Waals surface area contributed by atoms with Crippen LogP contribution in [-0.4, -0.2) is 46.9 Å². The predicted molar refractivity (Wildman–Crippen MR) is 91.4 cm³/mol. The SMILES string of the molecule is O=C(O)c1c[nH]c2c(=O)[nH]c3ccc(S(=O)(=O)N4CCCC4)cc3c12. The van der Waals surface area contributed by atoms with Gasteiger partial charge in [-0.15, -0.1) is 0 Å². The highest BCUT2D eigenvalue weighted by molar-refractivity contribution is 7.89. The Morgan fingerprint density at radius 1 is 1.20 bits per heavy atom. The second-order valence-electron chi connectivity index (χ2n) is 6.03. The number of rotatable bonds is 3. The highest BCUT2D eigenvalue weighted by atomic mass is 32.2. The Kier molecular flexibility index (Phi) is 3.44. The van der Waals surface area contributed by atoms with Crippen LogP contribution in [0.2, 0.25) is 0 Å². The number of aromatic carboxylic acids is 1. The number of carboxylic acid groups (broad SMARTS) is 1. The molecular weight excluding hydrogens is 346 g/mol. The second-order valence-corrected chi connectivity index (χ2v) is 7.97. The number of carboxylic acids is 1. The van der Waals surface area contributed by atoms with E-state index in [1.54, 1.807) is 0 Å². The van der Waals surface area contributed by atoms with Crippen molar-refractivity contribution in [1.29, 1.82) is 0 Å². The van der Waals surface area contributed by atoms with Gasteiger partial charge in [0.15, 0.2) is 0 Å². The quantitative estimate of drug-likeness (QED) is 0.652. The molecule has 0 spiro atoms. The summed E-state index contributed by atoms with van der Waals surface area (Å²) < 4.78 is 27.0. The van der Waals surface area contributed by atoms with Gasteiger partial charge in [0.05, 0.1) is 10.5 Å². The van der Waals surface area contributed by atoms with Crippen molar-refractivity contribution in [3.8, 4) is 0 Å². The number of fused-ring (bicyclic) bond motifs is 3. The minimum atomic E-state index is -3.64. The van der Waals surface area contributed by atoms with E-state index in [9.17, 15) is 23.1 Å². The lowest BCUT2D eigenvalue weighted by atomic mass is 10.1. The number of benzene rings is 1. The van der Waals surface area contributed by atoms with E-state index < -0.39 is 21.6 Å². The van der Waals surface area contributed by atoms with Crippen molar-refractivity contribution in [2.24, 2.45) is 0 Å². The fourth-order valence-electron chi connectivity index (χ4n) is 3.31. The van der Waals surface area contributed by atoms with Gasteiger partial charge in [-0.2, -0.15) is 4.31 Å². The average Bonchev–Trinajstić information content (AvgIpc) is 3.25. The number of nitrogens with zero attached hydrogens (tertiary/aromatic N) is 1. The zero-order chi connectivity index (χ0) is 17.8. The second kappa shape index (κ2) is 5.43. The third-order valence-electron chi connectivity index (χ3n) is 4.55. The number of aromatic amines is 2. The first-order valence-electron chi connectivity index (χ1n) is 7.80. The zero-order valence-corrected chi connectivity index (χ0v) is 13.9. The van der Waals surface area contributed by atoms with E-state index >= 15 is 0 Å². The molecule has 130 valence electrons. The molecule has 25 heavy (non-hydrogen) atoms. The fraction of sp³-hybridized carbons (Fsp3) is 0.250. The van der Waals surface area contributed by atoms with Gasteiger partial charge in [0.1, 0.15) is 5.52 Å². The molecule has 8 nitrogen and oxygen atoms in total. The smallest absolute Gasteiger partial charge is 0.337 e. The maximum Gasteiger partial charge on any atom is 0.337 e. The molecule has 4 rings (SSSR count). The molecule has 1 aliphatic heterocycles. The summed E-state index contributed by atoms with van der Waals surface area (Å²) in [5.41, 5.74) is -0.0208. The van der Waals surface area contributed by atoms with Crippen molar-refractivity contribution in [3.05, 3.63) is 40.3 Å². The lowest BCUT2D eigenvalue weighted by molar-refractivity contribution is 0.0699. The summed E-state index contributed by atoms with van der Waals surface area (Å²) in [6.45, 7) is 0.956. The number of hydrogen-bond donors (Lipinski definition) is 3. The molecule has 9 heteroatoms. The van der Waals surface area contributed by atoms with Crippen LogP contribution in [-0.2, 0) is 10.0 Å². The molecule has 3 heterocycles. The van der Waals surface area contributed by atoms with Crippen molar-refractivity contribution in [2.75, 3.05) is 13.1 Å². The predicted octanol–water partition coefficient (Wildman–Crippen LogP) is 1.49. The molecule has 1 fully saturated rings. The molecule has 2 aromatic heterocycles. The molecule has 0 bridgehead atoms. The third-order valence-corrected chi connectivity index (χ3v) is 6.44. The number of carbonyl (C=O) groups is 1. The number of pyridine rings is 1. The minimum Gasteiger partial charge on any atom is -0.478 e. The molecule has 3 N–H and O–H groups in total. The summed E-state index contributed by atoms with van der Waals surface area (Å²) in [6.07, 6.45) is 2.89. The van der Waals surface area contributed by atoms with Crippen LogP contribution >= 0.6 is 0 Å². The van der Waals surface area contributed by atoms with Gasteiger partial charge >= 0.3 is 5.97 Å². The summed E-state index contributed by atoms with van der Waals surface area (Å²) in [6, 6.07) is 4.37. The highest BCUT2D eigenvalue weighted by Gasteiger charge is 2.28. The topological polar surface area (TPSA) is 123 Å². The molecule has 1 aromatic carbocycles. The number of nitrogens with one attached hydrogen (secondary N) is 2. The highest BCUT2D eigenvalue weighted by Crippen LogP contribution is 2.29. The van der Waals surface area contributed by atoms with Gasteiger partial charge in [0.2, 0.25) is 10.0 Å². The van der Waals surface area contributed by atoms with Crippen LogP contribution in [0.25, 0.3) is 21.8 Å². The Labute approximate surface area is 142 Å². The first-order valence-corrected chi connectivity index (χ1v) is 9.24. The van der Waals surface area contributed by atoms with Crippen LogP contribution in [0.1, 0.15) is 23.2 Å². The van der Waals surface area contributed by atoms with E-state index in [1.165, 1.54) is 28.7 Å². The number of hydrogen-bond acceptors (Lipinski definition) is 4. The van der Waals surface area contributed by atoms with Gasteiger partial charge in [-0.25, -0.2) is 13.2 Å². The molecule has 0 amide bonds. The Morgan fingerprint density at radius 3 is 2.60 bits per heavy atom. The molecule has 0 saturated carbocycles. The van der Waals surface area contributed by atoms with Gasteiger partial charge in [-0.1, -0.05) is 0 Å². The van der Waals surface area contributed by atoms with Crippen molar-refractivity contribution in [3.63, 3.8) is 0 Å². The van der Waals surface area contributed by atoms with E-state index in [0.717, 1.165) is 12.8 Å². The number of aromatic nitrogens is 2. The van der Waals surface area contributed by atoms with Gasteiger partial charge in [0.25, 0.3) is 5.56 Å². The van der Waals surface area contributed by atoms with Gasteiger partial charge in [0, 0.05) is 35.6 Å². The summed E-state index contributed by atoms with van der Waals surface area (Å²) in [5.74, 6) is -1.19. The first kappa shape index (κ1) is 15.9. The molecule has 0 atom stereocenters. The van der Waals surface area contributed by atoms with Crippen molar-refractivity contribution < 1.29 is 18.3 Å². The third kappa shape index (κ3) is 2.35. The normalized spacial score (nSPS) is 16.0. The lowest BCUT2D eigenvalue weighted by Crippen LogP contribution is -2.27. The van der Waals surface area contributed by atoms with E-state index in [0.29, 0.717) is 24.0 Å². The number of H-pyrrole nitrogens is 2. The van der Waals surface area contributed by atoms with E-state index in [-0.39, 0.29) is 21.4 Å². The minimum absolute atomic E-state index is 0.0678. The maximum absolute atomic E-state index is 12.8. The summed E-state index contributed by atoms with van der Waals surface area (Å²) in [4.78, 5) is 29.0. The van der Waals surface area contributed by atoms with Crippen LogP contribution in [0.15, 0.2) is 34.1 Å². The van der Waals surface area contributed by atoms with Crippen LogP contribution in [0.5, 0.6) is 0 Å². The lowest BCUT2D eigenvalue weighted by Gasteiger charge is -2.16. The van der Waals surface area contributed by atoms with Crippen molar-refractivity contribution >= 4 is 37.8 Å². The molecule has 1 saturated heterocycles. The average molecular weight is 361 g/mol. The Morgan fingerprint density at radius 2 is 1.92 bits per heavy atom. The first-order chi connectivity index (χ1) is 11.9. The van der Waals surface area contributed by atoms with E-state index in [4.69, 9.17) is 0 Å². The summed E-state index contributed by atoms with van der Waals surface area (Å²) in [7, 11) is -3.64. The summed E-state index contributed by atoms with van der Waals surface area (Å²) >= 11 is 0. The van der Waals surface area contributed by atoms with Gasteiger partial charge < -0.3 is 15.1 Å². The van der Waals surface area contributed by atoms with Crippen molar-refractivity contribution in [1.82, 2.24) is 14.3 Å². The van der Waals surface area contributed by atoms with E-state index in [1.807, 2.05) is 0 Å². The standard InChI is InChI=1S/C16H15N3O5S/c20-15-14-13(11(8-17-14)16(21)22)10-7-9(3-4-12(10)18-15)25(23,24)19-5-1-2-6-19/h3-4,7-8,17H,1-2,5-6H2,(H,18,20)(H,21,22). The van der Waals surface area contributed by atoms with Crippen LogP contribution < -0.4 is 5.56 Å². The van der Waals surface area contributed by atoms with Crippen molar-refractivity contribution in [2.45, 2.75) is 17.7 Å². The Hall–Kier alpha value is -2.65. The van der Waals surface area contributed by atoms with Gasteiger partial charge in [-0.05, 0) is 31.0 Å². The van der Waals surface area contributed by atoms with Crippen LogP contribution in [0.4, 0.5) is 0 Å². The summed E-state index contributed by atoms with van der Waals surface area (Å²) in [5, 5.41) is 9.96. The molecular formula is C16H15N3O5S. The Balaban J connectivity index is 2.03. The molecule has 1 aliphatic rings. The molecule has 0 radical (unpaired) electrons. The zero-order valence-electron chi connectivity index (χ0n) is 13.1. The maximum atomic E-state index is 12.8. The van der Waals surface area contributed by atoms with E-state index in [2.05, 4.69) is 9.97 Å². The number of sulfonamides is 1. The Bertz CT molecular complexity index is 1170. The monoisotopic (exact) mass is 361 g/mol. The molecule has 0 unspecified atom stereocenters. The molecule has 0 aliphatic carbocycles. The van der Waals surface area contributed by atoms with Crippen LogP contribution in [0, 0.1) is 0 Å². The largest absolute Gasteiger partial charge is 0.478 e. The fourth-order valence-corrected chi connectivity index (χ4v) is 4.86. The molecule has 3 aromatic rings.